The highest BCUT2D eigenvalue weighted by molar-refractivity contribution is 6.03. The minimum absolute atomic E-state index is 0.0998. The molecule has 0 aliphatic rings. The second-order valence-corrected chi connectivity index (χ2v) is 6.14. The molecule has 4 nitrogen and oxygen atoms in total. The van der Waals surface area contributed by atoms with Crippen LogP contribution in [0.5, 0.6) is 0 Å². The Bertz CT molecular complexity index is 502. The number of benzene rings is 1. The van der Waals surface area contributed by atoms with Crippen molar-refractivity contribution in [1.82, 2.24) is 0 Å². The first-order chi connectivity index (χ1) is 11.0. The summed E-state index contributed by atoms with van der Waals surface area (Å²) in [7, 11) is 0. The van der Waals surface area contributed by atoms with Crippen molar-refractivity contribution in [2.75, 3.05) is 6.61 Å². The van der Waals surface area contributed by atoms with E-state index in [0.717, 1.165) is 25.7 Å². The maximum Gasteiger partial charge on any atom is 0.339 e. The molecule has 0 aliphatic carbocycles. The molecule has 1 rings (SSSR count). The zero-order valence-electron chi connectivity index (χ0n) is 14.6. The van der Waals surface area contributed by atoms with E-state index in [2.05, 4.69) is 13.8 Å². The van der Waals surface area contributed by atoms with Crippen LogP contribution in [0.4, 0.5) is 0 Å². The molecule has 23 heavy (non-hydrogen) atoms. The molecular formula is C19H28O4. The number of hydrogen-bond donors (Lipinski definition) is 0. The molecule has 1 aromatic carbocycles. The lowest BCUT2D eigenvalue weighted by molar-refractivity contribution is 0.0248. The van der Waals surface area contributed by atoms with E-state index in [0.29, 0.717) is 6.61 Å². The van der Waals surface area contributed by atoms with Crippen molar-refractivity contribution in [2.45, 2.75) is 59.5 Å². The molecular weight excluding hydrogens is 292 g/mol. The predicted molar refractivity (Wildman–Crippen MR) is 90.6 cm³/mol. The van der Waals surface area contributed by atoms with Crippen molar-refractivity contribution < 1.29 is 19.1 Å². The third kappa shape index (κ3) is 6.43. The lowest BCUT2D eigenvalue weighted by Crippen LogP contribution is -2.21. The highest BCUT2D eigenvalue weighted by atomic mass is 16.5. The molecule has 0 atom stereocenters. The summed E-state index contributed by atoms with van der Waals surface area (Å²) >= 11 is 0. The second-order valence-electron chi connectivity index (χ2n) is 6.14. The minimum atomic E-state index is -0.478. The Morgan fingerprint density at radius 3 is 1.96 bits per heavy atom. The summed E-state index contributed by atoms with van der Waals surface area (Å²) in [5.74, 6) is -0.681. The van der Waals surface area contributed by atoms with E-state index in [1.54, 1.807) is 24.3 Å². The summed E-state index contributed by atoms with van der Waals surface area (Å²) in [5.41, 5.74) is 0.545. The average Bonchev–Trinajstić information content (AvgIpc) is 2.53. The second kappa shape index (κ2) is 10.0. The smallest absolute Gasteiger partial charge is 0.339 e. The molecule has 0 bridgehead atoms. The minimum Gasteiger partial charge on any atom is -0.462 e. The number of carbonyl (C=O) groups is 2. The van der Waals surface area contributed by atoms with Gasteiger partial charge in [0.2, 0.25) is 0 Å². The van der Waals surface area contributed by atoms with E-state index in [9.17, 15) is 9.59 Å². The van der Waals surface area contributed by atoms with Gasteiger partial charge in [0.05, 0.1) is 17.7 Å². The van der Waals surface area contributed by atoms with E-state index >= 15 is 0 Å². The van der Waals surface area contributed by atoms with Crippen LogP contribution >= 0.6 is 0 Å². The summed E-state index contributed by atoms with van der Waals surface area (Å²) < 4.78 is 10.8. The van der Waals surface area contributed by atoms with Crippen molar-refractivity contribution in [3.8, 4) is 0 Å². The Balaban J connectivity index is 2.86. The molecule has 0 spiro atoms. The van der Waals surface area contributed by atoms with Gasteiger partial charge >= 0.3 is 11.9 Å². The molecule has 128 valence electrons. The van der Waals surface area contributed by atoms with Crippen molar-refractivity contribution in [2.24, 2.45) is 5.92 Å². The van der Waals surface area contributed by atoms with Crippen LogP contribution in [0.2, 0.25) is 0 Å². The Morgan fingerprint density at radius 1 is 0.957 bits per heavy atom. The first kappa shape index (κ1) is 19.2. The molecule has 0 amide bonds. The van der Waals surface area contributed by atoms with Crippen molar-refractivity contribution >= 4 is 11.9 Å². The monoisotopic (exact) mass is 320 g/mol. The number of esters is 2. The van der Waals surface area contributed by atoms with Crippen molar-refractivity contribution in [1.29, 1.82) is 0 Å². The van der Waals surface area contributed by atoms with Crippen LogP contribution in [0.3, 0.4) is 0 Å². The van der Waals surface area contributed by atoms with E-state index in [1.165, 1.54) is 0 Å². The van der Waals surface area contributed by atoms with Gasteiger partial charge in [-0.05, 0) is 30.9 Å². The van der Waals surface area contributed by atoms with Gasteiger partial charge in [0.1, 0.15) is 6.10 Å². The quantitative estimate of drug-likeness (QED) is 0.623. The topological polar surface area (TPSA) is 52.6 Å². The van der Waals surface area contributed by atoms with E-state index in [4.69, 9.17) is 9.47 Å². The molecule has 0 aromatic heterocycles. The maximum atomic E-state index is 12.4. The highest BCUT2D eigenvalue weighted by Crippen LogP contribution is 2.17. The fraction of sp³-hybridized carbons (Fsp3) is 0.579. The van der Waals surface area contributed by atoms with E-state index < -0.39 is 11.9 Å². The first-order valence-electron chi connectivity index (χ1n) is 8.46. The number of ether oxygens (including phenoxy) is 2. The van der Waals surface area contributed by atoms with Crippen LogP contribution in [-0.2, 0) is 9.47 Å². The van der Waals surface area contributed by atoms with Crippen LogP contribution in [-0.4, -0.2) is 24.6 Å². The van der Waals surface area contributed by atoms with Gasteiger partial charge < -0.3 is 9.47 Å². The molecule has 0 saturated carbocycles. The normalized spacial score (nSPS) is 10.9. The van der Waals surface area contributed by atoms with Gasteiger partial charge in [-0.1, -0.05) is 52.7 Å². The fourth-order valence-electron chi connectivity index (χ4n) is 2.28. The standard InChI is InChI=1S/C19H28O4/c1-5-9-15(10-6-2)23-19(21)17-12-8-7-11-16(17)18(20)22-13-14(3)4/h7-8,11-12,14-15H,5-6,9-10,13H2,1-4H3. The Hall–Kier alpha value is -1.84. The van der Waals surface area contributed by atoms with Crippen LogP contribution in [0, 0.1) is 5.92 Å². The number of carbonyl (C=O) groups excluding carboxylic acids is 2. The van der Waals surface area contributed by atoms with Gasteiger partial charge in [0, 0.05) is 0 Å². The zero-order valence-corrected chi connectivity index (χ0v) is 14.6. The summed E-state index contributed by atoms with van der Waals surface area (Å²) in [5, 5.41) is 0. The molecule has 0 fully saturated rings. The lowest BCUT2D eigenvalue weighted by atomic mass is 10.1. The number of hydrogen-bond acceptors (Lipinski definition) is 4. The van der Waals surface area contributed by atoms with E-state index in [1.807, 2.05) is 13.8 Å². The van der Waals surface area contributed by atoms with Crippen LogP contribution in [0.1, 0.15) is 74.1 Å². The molecule has 0 heterocycles. The largest absolute Gasteiger partial charge is 0.462 e. The van der Waals surface area contributed by atoms with Gasteiger partial charge in [-0.3, -0.25) is 0 Å². The maximum absolute atomic E-state index is 12.4. The molecule has 4 heteroatoms. The van der Waals surface area contributed by atoms with Gasteiger partial charge in [-0.15, -0.1) is 0 Å². The van der Waals surface area contributed by atoms with Crippen molar-refractivity contribution in [3.05, 3.63) is 35.4 Å². The third-order valence-corrected chi connectivity index (χ3v) is 3.41. The van der Waals surface area contributed by atoms with Crippen LogP contribution < -0.4 is 0 Å². The third-order valence-electron chi connectivity index (χ3n) is 3.41. The summed E-state index contributed by atoms with van der Waals surface area (Å²) in [4.78, 5) is 24.6. The molecule has 0 saturated heterocycles. The average molecular weight is 320 g/mol. The lowest BCUT2D eigenvalue weighted by Gasteiger charge is -2.17. The van der Waals surface area contributed by atoms with Crippen LogP contribution in [0.25, 0.3) is 0 Å². The van der Waals surface area contributed by atoms with Crippen LogP contribution in [0.15, 0.2) is 24.3 Å². The molecule has 0 radical (unpaired) electrons. The Labute approximate surface area is 139 Å². The highest BCUT2D eigenvalue weighted by Gasteiger charge is 2.21. The molecule has 0 unspecified atom stereocenters. The number of rotatable bonds is 9. The van der Waals surface area contributed by atoms with Gasteiger partial charge in [-0.2, -0.15) is 0 Å². The Morgan fingerprint density at radius 2 is 1.48 bits per heavy atom. The fourth-order valence-corrected chi connectivity index (χ4v) is 2.28. The van der Waals surface area contributed by atoms with E-state index in [-0.39, 0.29) is 23.1 Å². The summed E-state index contributed by atoms with van der Waals surface area (Å²) in [6, 6.07) is 6.67. The molecule has 0 aliphatic heterocycles. The Kier molecular flexibility index (Phi) is 8.38. The molecule has 0 N–H and O–H groups in total. The summed E-state index contributed by atoms with van der Waals surface area (Å²) in [6.07, 6.45) is 3.47. The molecule has 1 aromatic rings. The SMILES string of the molecule is CCCC(CCC)OC(=O)c1ccccc1C(=O)OCC(C)C. The van der Waals surface area contributed by atoms with Gasteiger partial charge in [0.15, 0.2) is 0 Å². The predicted octanol–water partition coefficient (Wildman–Crippen LogP) is 4.63. The summed E-state index contributed by atoms with van der Waals surface area (Å²) in [6.45, 7) is 8.39. The van der Waals surface area contributed by atoms with Crippen molar-refractivity contribution in [3.63, 3.8) is 0 Å². The first-order valence-corrected chi connectivity index (χ1v) is 8.46. The van der Waals surface area contributed by atoms with Gasteiger partial charge in [-0.25, -0.2) is 9.59 Å². The zero-order chi connectivity index (χ0) is 17.2. The van der Waals surface area contributed by atoms with Gasteiger partial charge in [0.25, 0.3) is 0 Å².